The Labute approximate surface area is 106 Å². The molecule has 0 aliphatic heterocycles. The van der Waals surface area contributed by atoms with Gasteiger partial charge in [0.15, 0.2) is 0 Å². The maximum atomic E-state index is 11.8. The Bertz CT molecular complexity index is 395. The third kappa shape index (κ3) is 3.91. The summed E-state index contributed by atoms with van der Waals surface area (Å²) in [5.74, 6) is -0.337. The molecule has 1 aromatic rings. The summed E-state index contributed by atoms with van der Waals surface area (Å²) in [6.07, 6.45) is 0. The number of halogens is 1. The number of nitrogens with one attached hydrogen (secondary N) is 1. The van der Waals surface area contributed by atoms with E-state index in [1.54, 1.807) is 32.2 Å². The molecule has 0 aliphatic carbocycles. The van der Waals surface area contributed by atoms with Crippen LogP contribution in [-0.4, -0.2) is 36.7 Å². The van der Waals surface area contributed by atoms with E-state index in [9.17, 15) is 9.90 Å². The molecule has 0 fully saturated rings. The number of phenolic OH excluding ortho intramolecular Hbond substituents is 1. The van der Waals surface area contributed by atoms with Crippen LogP contribution in [0.3, 0.4) is 0 Å². The minimum Gasteiger partial charge on any atom is -0.507 e. The molecule has 0 bridgehead atoms. The summed E-state index contributed by atoms with van der Waals surface area (Å²) >= 11 is 5.88. The number of ether oxygens (including phenoxy) is 1. The molecule has 1 unspecified atom stereocenters. The van der Waals surface area contributed by atoms with Crippen LogP contribution in [0.2, 0.25) is 0 Å². The number of rotatable bonds is 5. The molecule has 1 aromatic carbocycles. The highest BCUT2D eigenvalue weighted by molar-refractivity contribution is 6.21. The summed E-state index contributed by atoms with van der Waals surface area (Å²) in [5, 5.41) is 12.1. The fourth-order valence-corrected chi connectivity index (χ4v) is 1.58. The lowest BCUT2D eigenvalue weighted by Crippen LogP contribution is -2.31. The number of hydrogen-bond donors (Lipinski definition) is 2. The number of amides is 1. The summed E-state index contributed by atoms with van der Waals surface area (Å²) in [5.41, 5.74) is 0.920. The summed E-state index contributed by atoms with van der Waals surface area (Å²) in [6, 6.07) is 5.02. The number of para-hydroxylation sites is 1. The van der Waals surface area contributed by atoms with E-state index < -0.39 is 0 Å². The molecule has 0 aliphatic rings. The van der Waals surface area contributed by atoms with Gasteiger partial charge in [-0.05, 0) is 18.6 Å². The highest BCUT2D eigenvalue weighted by Crippen LogP contribution is 2.20. The molecule has 0 saturated heterocycles. The molecule has 1 rings (SSSR count). The smallest absolute Gasteiger partial charge is 0.255 e. The number of aryl methyl sites for hydroxylation is 1. The molecule has 0 aromatic heterocycles. The van der Waals surface area contributed by atoms with Gasteiger partial charge in [-0.15, -0.1) is 11.6 Å². The normalized spacial score (nSPS) is 12.2. The van der Waals surface area contributed by atoms with Gasteiger partial charge in [0.1, 0.15) is 5.75 Å². The number of aromatic hydroxyl groups is 1. The first-order chi connectivity index (χ1) is 8.06. The van der Waals surface area contributed by atoms with Crippen LogP contribution in [0.25, 0.3) is 0 Å². The highest BCUT2D eigenvalue weighted by atomic mass is 35.5. The molecular formula is C12H16ClNO3. The predicted molar refractivity (Wildman–Crippen MR) is 66.7 cm³/mol. The van der Waals surface area contributed by atoms with E-state index in [4.69, 9.17) is 16.3 Å². The lowest BCUT2D eigenvalue weighted by molar-refractivity contribution is 0.0946. The van der Waals surface area contributed by atoms with Crippen LogP contribution in [0, 0.1) is 6.92 Å². The lowest BCUT2D eigenvalue weighted by Gasteiger charge is -2.11. The number of benzene rings is 1. The SMILES string of the molecule is COCC(Cl)CNC(=O)c1cccc(C)c1O. The zero-order valence-electron chi connectivity index (χ0n) is 9.87. The van der Waals surface area contributed by atoms with Gasteiger partial charge < -0.3 is 15.2 Å². The van der Waals surface area contributed by atoms with Gasteiger partial charge in [0, 0.05) is 13.7 Å². The molecular weight excluding hydrogens is 242 g/mol. The number of carbonyl (C=O) groups is 1. The molecule has 0 radical (unpaired) electrons. The second kappa shape index (κ2) is 6.47. The first-order valence-electron chi connectivity index (χ1n) is 5.26. The second-order valence-corrected chi connectivity index (χ2v) is 4.35. The predicted octanol–water partition coefficient (Wildman–Crippen LogP) is 1.68. The monoisotopic (exact) mass is 257 g/mol. The van der Waals surface area contributed by atoms with Crippen LogP contribution < -0.4 is 5.32 Å². The highest BCUT2D eigenvalue weighted by Gasteiger charge is 2.13. The van der Waals surface area contributed by atoms with Crippen molar-refractivity contribution in [3.63, 3.8) is 0 Å². The van der Waals surface area contributed by atoms with Crippen molar-refractivity contribution in [3.05, 3.63) is 29.3 Å². The van der Waals surface area contributed by atoms with Crippen molar-refractivity contribution in [2.24, 2.45) is 0 Å². The quantitative estimate of drug-likeness (QED) is 0.789. The number of alkyl halides is 1. The molecule has 5 heteroatoms. The summed E-state index contributed by atoms with van der Waals surface area (Å²) < 4.78 is 4.85. The van der Waals surface area contributed by atoms with Crippen LogP contribution in [-0.2, 0) is 4.74 Å². The van der Waals surface area contributed by atoms with Crippen LogP contribution >= 0.6 is 11.6 Å². The maximum absolute atomic E-state index is 11.8. The largest absolute Gasteiger partial charge is 0.507 e. The van der Waals surface area contributed by atoms with Crippen molar-refractivity contribution in [1.82, 2.24) is 5.32 Å². The average molecular weight is 258 g/mol. The van der Waals surface area contributed by atoms with E-state index in [0.29, 0.717) is 18.7 Å². The van der Waals surface area contributed by atoms with E-state index in [1.807, 2.05) is 0 Å². The van der Waals surface area contributed by atoms with Gasteiger partial charge in [-0.25, -0.2) is 0 Å². The number of methoxy groups -OCH3 is 1. The molecule has 1 amide bonds. The molecule has 0 saturated carbocycles. The third-order valence-electron chi connectivity index (χ3n) is 2.31. The van der Waals surface area contributed by atoms with E-state index in [1.165, 1.54) is 0 Å². The van der Waals surface area contributed by atoms with Crippen LogP contribution in [0.15, 0.2) is 18.2 Å². The molecule has 4 nitrogen and oxygen atoms in total. The van der Waals surface area contributed by atoms with Gasteiger partial charge in [-0.2, -0.15) is 0 Å². The zero-order chi connectivity index (χ0) is 12.8. The first kappa shape index (κ1) is 13.8. The molecule has 1 atom stereocenters. The van der Waals surface area contributed by atoms with Crippen molar-refractivity contribution in [2.75, 3.05) is 20.3 Å². The van der Waals surface area contributed by atoms with Crippen molar-refractivity contribution in [1.29, 1.82) is 0 Å². The van der Waals surface area contributed by atoms with Gasteiger partial charge in [-0.3, -0.25) is 4.79 Å². The molecule has 17 heavy (non-hydrogen) atoms. The van der Waals surface area contributed by atoms with Crippen molar-refractivity contribution >= 4 is 17.5 Å². The van der Waals surface area contributed by atoms with Crippen LogP contribution in [0.4, 0.5) is 0 Å². The van der Waals surface area contributed by atoms with Gasteiger partial charge in [0.2, 0.25) is 0 Å². The summed E-state index contributed by atoms with van der Waals surface area (Å²) in [6.45, 7) is 2.39. The average Bonchev–Trinajstić information content (AvgIpc) is 2.30. The Kier molecular flexibility index (Phi) is 5.25. The second-order valence-electron chi connectivity index (χ2n) is 3.73. The summed E-state index contributed by atoms with van der Waals surface area (Å²) in [4.78, 5) is 11.8. The Morgan fingerprint density at radius 3 is 2.94 bits per heavy atom. The van der Waals surface area contributed by atoms with Crippen molar-refractivity contribution in [3.8, 4) is 5.75 Å². The fourth-order valence-electron chi connectivity index (χ4n) is 1.38. The van der Waals surface area contributed by atoms with E-state index >= 15 is 0 Å². The minimum atomic E-state index is -0.340. The Hall–Kier alpha value is -1.26. The fraction of sp³-hybridized carbons (Fsp3) is 0.417. The minimum absolute atomic E-state index is 0.00265. The topological polar surface area (TPSA) is 58.6 Å². The maximum Gasteiger partial charge on any atom is 0.255 e. The van der Waals surface area contributed by atoms with E-state index in [2.05, 4.69) is 5.32 Å². The molecule has 0 heterocycles. The number of phenols is 1. The number of carbonyl (C=O) groups excluding carboxylic acids is 1. The standard InChI is InChI=1S/C12H16ClNO3/c1-8-4-3-5-10(11(8)15)12(16)14-6-9(13)7-17-2/h3-5,9,15H,6-7H2,1-2H3,(H,14,16). The van der Waals surface area contributed by atoms with Crippen LogP contribution in [0.5, 0.6) is 5.75 Å². The molecule has 2 N–H and O–H groups in total. The Morgan fingerprint density at radius 1 is 1.59 bits per heavy atom. The van der Waals surface area contributed by atoms with Gasteiger partial charge in [0.05, 0.1) is 17.5 Å². The third-order valence-corrected chi connectivity index (χ3v) is 2.59. The first-order valence-corrected chi connectivity index (χ1v) is 5.69. The van der Waals surface area contributed by atoms with E-state index in [0.717, 1.165) is 0 Å². The van der Waals surface area contributed by atoms with Gasteiger partial charge in [0.25, 0.3) is 5.91 Å². The van der Waals surface area contributed by atoms with Crippen molar-refractivity contribution < 1.29 is 14.6 Å². The summed E-state index contributed by atoms with van der Waals surface area (Å²) in [7, 11) is 1.55. The molecule has 94 valence electrons. The number of hydrogen-bond acceptors (Lipinski definition) is 3. The Balaban J connectivity index is 2.61. The molecule has 0 spiro atoms. The Morgan fingerprint density at radius 2 is 2.29 bits per heavy atom. The lowest BCUT2D eigenvalue weighted by atomic mass is 10.1. The van der Waals surface area contributed by atoms with Crippen molar-refractivity contribution in [2.45, 2.75) is 12.3 Å². The van der Waals surface area contributed by atoms with E-state index in [-0.39, 0.29) is 22.6 Å². The van der Waals surface area contributed by atoms with Crippen LogP contribution in [0.1, 0.15) is 15.9 Å². The zero-order valence-corrected chi connectivity index (χ0v) is 10.6. The van der Waals surface area contributed by atoms with Gasteiger partial charge >= 0.3 is 0 Å². The van der Waals surface area contributed by atoms with Gasteiger partial charge in [-0.1, -0.05) is 12.1 Å².